The molecular weight excluding hydrogens is 248 g/mol. The number of allylic oxidation sites excluding steroid dienone is 2. The summed E-state index contributed by atoms with van der Waals surface area (Å²) < 4.78 is 5.37. The Hall–Kier alpha value is -1.83. The molecular formula is C18H22O2. The van der Waals surface area contributed by atoms with Crippen LogP contribution in [0.15, 0.2) is 48.1 Å². The van der Waals surface area contributed by atoms with Gasteiger partial charge in [0.1, 0.15) is 6.61 Å². The molecule has 0 saturated heterocycles. The molecule has 2 heteroatoms. The highest BCUT2D eigenvalue weighted by molar-refractivity contribution is 5.89. The van der Waals surface area contributed by atoms with E-state index in [9.17, 15) is 4.79 Å². The molecule has 0 aliphatic heterocycles. The maximum absolute atomic E-state index is 11.9. The Kier molecular flexibility index (Phi) is 4.78. The van der Waals surface area contributed by atoms with Gasteiger partial charge < -0.3 is 4.74 Å². The van der Waals surface area contributed by atoms with Gasteiger partial charge in [0.05, 0.1) is 5.56 Å². The van der Waals surface area contributed by atoms with Crippen molar-refractivity contribution in [3.63, 3.8) is 0 Å². The Morgan fingerprint density at radius 3 is 2.60 bits per heavy atom. The van der Waals surface area contributed by atoms with Crippen molar-refractivity contribution in [3.8, 4) is 0 Å². The first-order valence-electron chi connectivity index (χ1n) is 7.13. The van der Waals surface area contributed by atoms with Gasteiger partial charge in [-0.05, 0) is 56.7 Å². The van der Waals surface area contributed by atoms with Crippen molar-refractivity contribution >= 4 is 5.97 Å². The van der Waals surface area contributed by atoms with Crippen LogP contribution in [-0.2, 0) is 4.74 Å². The summed E-state index contributed by atoms with van der Waals surface area (Å²) >= 11 is 0. The Labute approximate surface area is 121 Å². The first-order valence-corrected chi connectivity index (χ1v) is 7.13. The summed E-state index contributed by atoms with van der Waals surface area (Å²) in [6.45, 7) is 8.51. The summed E-state index contributed by atoms with van der Waals surface area (Å²) in [6.07, 6.45) is 5.33. The number of carbonyl (C=O) groups excluding carboxylic acids is 1. The number of ether oxygens (including phenoxy) is 1. The van der Waals surface area contributed by atoms with Gasteiger partial charge in [0.25, 0.3) is 0 Å². The lowest BCUT2D eigenvalue weighted by molar-refractivity contribution is 0.0535. The molecule has 0 radical (unpaired) electrons. The molecule has 106 valence electrons. The van der Waals surface area contributed by atoms with Crippen molar-refractivity contribution in [1.82, 2.24) is 0 Å². The van der Waals surface area contributed by atoms with Crippen molar-refractivity contribution in [3.05, 3.63) is 59.2 Å². The van der Waals surface area contributed by atoms with Crippen LogP contribution in [0, 0.1) is 12.8 Å². The Balaban J connectivity index is 1.85. The maximum atomic E-state index is 11.9. The molecule has 1 atom stereocenters. The number of hydrogen-bond acceptors (Lipinski definition) is 2. The summed E-state index contributed by atoms with van der Waals surface area (Å²) in [5.41, 5.74) is 4.23. The van der Waals surface area contributed by atoms with E-state index in [1.165, 1.54) is 11.1 Å². The van der Waals surface area contributed by atoms with Gasteiger partial charge in [-0.1, -0.05) is 35.9 Å². The van der Waals surface area contributed by atoms with E-state index in [0.29, 0.717) is 18.1 Å². The van der Waals surface area contributed by atoms with Crippen LogP contribution in [0.25, 0.3) is 0 Å². The topological polar surface area (TPSA) is 26.3 Å². The molecule has 2 rings (SSSR count). The number of esters is 1. The van der Waals surface area contributed by atoms with E-state index >= 15 is 0 Å². The average Bonchev–Trinajstić information content (AvgIpc) is 2.46. The monoisotopic (exact) mass is 270 g/mol. The fourth-order valence-corrected chi connectivity index (χ4v) is 2.40. The number of aryl methyl sites for hydroxylation is 1. The Morgan fingerprint density at radius 1 is 1.35 bits per heavy atom. The molecule has 0 bridgehead atoms. The molecule has 2 nitrogen and oxygen atoms in total. The first kappa shape index (κ1) is 14.6. The highest BCUT2D eigenvalue weighted by atomic mass is 16.5. The van der Waals surface area contributed by atoms with Crippen molar-refractivity contribution in [2.45, 2.75) is 33.1 Å². The predicted molar refractivity (Wildman–Crippen MR) is 81.7 cm³/mol. The maximum Gasteiger partial charge on any atom is 0.338 e. The summed E-state index contributed by atoms with van der Waals surface area (Å²) in [5, 5.41) is 0. The number of carbonyl (C=O) groups is 1. The van der Waals surface area contributed by atoms with Crippen LogP contribution in [-0.4, -0.2) is 12.6 Å². The standard InChI is InChI=1S/C18H22O2/c1-13(2)16-10-6-15(7-11-16)12-20-18(19)17-8-4-14(3)5-9-17/h4-6,8-9,16H,1,7,10-12H2,2-3H3/t16-/m1/s1. The molecule has 0 saturated carbocycles. The first-order chi connectivity index (χ1) is 9.56. The van der Waals surface area contributed by atoms with Crippen LogP contribution >= 0.6 is 0 Å². The molecule has 0 amide bonds. The summed E-state index contributed by atoms with van der Waals surface area (Å²) in [4.78, 5) is 11.9. The van der Waals surface area contributed by atoms with Gasteiger partial charge in [0.15, 0.2) is 0 Å². The van der Waals surface area contributed by atoms with Gasteiger partial charge >= 0.3 is 5.97 Å². The van der Waals surface area contributed by atoms with Gasteiger partial charge in [-0.25, -0.2) is 4.79 Å². The zero-order chi connectivity index (χ0) is 14.5. The fraction of sp³-hybridized carbons (Fsp3) is 0.389. The Bertz CT molecular complexity index is 523. The van der Waals surface area contributed by atoms with Crippen LogP contribution in [0.1, 0.15) is 42.1 Å². The van der Waals surface area contributed by atoms with Crippen LogP contribution in [0.3, 0.4) is 0 Å². The third-order valence-electron chi connectivity index (χ3n) is 3.88. The molecule has 0 spiro atoms. The van der Waals surface area contributed by atoms with E-state index in [4.69, 9.17) is 4.74 Å². The lowest BCUT2D eigenvalue weighted by Crippen LogP contribution is -2.12. The molecule has 1 aromatic carbocycles. The lowest BCUT2D eigenvalue weighted by atomic mass is 9.86. The molecule has 1 aromatic rings. The second-order valence-electron chi connectivity index (χ2n) is 5.62. The van der Waals surface area contributed by atoms with E-state index < -0.39 is 0 Å². The van der Waals surface area contributed by atoms with Crippen LogP contribution in [0.4, 0.5) is 0 Å². The molecule has 0 unspecified atom stereocenters. The van der Waals surface area contributed by atoms with E-state index in [1.54, 1.807) is 0 Å². The van der Waals surface area contributed by atoms with Crippen molar-refractivity contribution in [2.24, 2.45) is 5.92 Å². The largest absolute Gasteiger partial charge is 0.458 e. The zero-order valence-electron chi connectivity index (χ0n) is 12.3. The molecule has 0 heterocycles. The summed E-state index contributed by atoms with van der Waals surface area (Å²) in [6, 6.07) is 7.47. The van der Waals surface area contributed by atoms with Crippen molar-refractivity contribution in [1.29, 1.82) is 0 Å². The highest BCUT2D eigenvalue weighted by Crippen LogP contribution is 2.28. The Morgan fingerprint density at radius 2 is 2.05 bits per heavy atom. The predicted octanol–water partition coefficient (Wildman–Crippen LogP) is 4.45. The quantitative estimate of drug-likeness (QED) is 0.596. The van der Waals surface area contributed by atoms with Gasteiger partial charge in [0.2, 0.25) is 0 Å². The minimum atomic E-state index is -0.243. The molecule has 0 fully saturated rings. The number of benzene rings is 1. The van der Waals surface area contributed by atoms with Gasteiger partial charge in [-0.3, -0.25) is 0 Å². The minimum Gasteiger partial charge on any atom is -0.458 e. The van der Waals surface area contributed by atoms with E-state index in [1.807, 2.05) is 31.2 Å². The summed E-state index contributed by atoms with van der Waals surface area (Å²) in [7, 11) is 0. The third-order valence-corrected chi connectivity index (χ3v) is 3.88. The summed E-state index contributed by atoms with van der Waals surface area (Å²) in [5.74, 6) is 0.347. The van der Waals surface area contributed by atoms with Gasteiger partial charge in [-0.15, -0.1) is 0 Å². The molecule has 0 N–H and O–H groups in total. The van der Waals surface area contributed by atoms with E-state index in [-0.39, 0.29) is 5.97 Å². The molecule has 0 aromatic heterocycles. The van der Waals surface area contributed by atoms with E-state index in [0.717, 1.165) is 24.8 Å². The second-order valence-corrected chi connectivity index (χ2v) is 5.62. The van der Waals surface area contributed by atoms with E-state index in [2.05, 4.69) is 19.6 Å². The number of rotatable bonds is 4. The van der Waals surface area contributed by atoms with Crippen molar-refractivity contribution < 1.29 is 9.53 Å². The second kappa shape index (κ2) is 6.56. The molecule has 1 aliphatic carbocycles. The SMILES string of the molecule is C=C(C)[C@@H]1CC=C(COC(=O)c2ccc(C)cc2)CC1. The normalized spacial score (nSPS) is 18.3. The molecule has 1 aliphatic rings. The van der Waals surface area contributed by atoms with Crippen LogP contribution < -0.4 is 0 Å². The fourth-order valence-electron chi connectivity index (χ4n) is 2.40. The third kappa shape index (κ3) is 3.83. The van der Waals surface area contributed by atoms with Crippen LogP contribution in [0.2, 0.25) is 0 Å². The average molecular weight is 270 g/mol. The van der Waals surface area contributed by atoms with Crippen molar-refractivity contribution in [2.75, 3.05) is 6.61 Å². The van der Waals surface area contributed by atoms with Gasteiger partial charge in [0, 0.05) is 0 Å². The van der Waals surface area contributed by atoms with Gasteiger partial charge in [-0.2, -0.15) is 0 Å². The highest BCUT2D eigenvalue weighted by Gasteiger charge is 2.16. The zero-order valence-corrected chi connectivity index (χ0v) is 12.3. The minimum absolute atomic E-state index is 0.243. The lowest BCUT2D eigenvalue weighted by Gasteiger charge is -2.22. The number of hydrogen-bond donors (Lipinski definition) is 0. The van der Waals surface area contributed by atoms with Crippen LogP contribution in [0.5, 0.6) is 0 Å². The molecule has 20 heavy (non-hydrogen) atoms. The smallest absolute Gasteiger partial charge is 0.338 e.